The number of benzene rings is 4. The lowest BCUT2D eigenvalue weighted by Gasteiger charge is -2.36. The van der Waals surface area contributed by atoms with Gasteiger partial charge in [-0.15, -0.1) is 0 Å². The Morgan fingerprint density at radius 1 is 0.932 bits per heavy atom. The van der Waals surface area contributed by atoms with Crippen molar-refractivity contribution in [3.05, 3.63) is 137 Å². The van der Waals surface area contributed by atoms with E-state index < -0.39 is 24.0 Å². The van der Waals surface area contributed by atoms with Crippen LogP contribution in [-0.4, -0.2) is 39.8 Å². The van der Waals surface area contributed by atoms with Crippen molar-refractivity contribution in [2.75, 3.05) is 4.90 Å². The Bertz CT molecular complexity index is 1890. The van der Waals surface area contributed by atoms with Crippen molar-refractivity contribution in [3.63, 3.8) is 0 Å². The second kappa shape index (κ2) is 11.1. The third-order valence-electron chi connectivity index (χ3n) is 8.71. The zero-order chi connectivity index (χ0) is 30.4. The summed E-state index contributed by atoms with van der Waals surface area (Å²) in [4.78, 5) is 48.2. The zero-order valence-corrected chi connectivity index (χ0v) is 24.2. The van der Waals surface area contributed by atoms with Crippen molar-refractivity contribution in [1.29, 1.82) is 0 Å². The minimum Gasteiger partial charge on any atom is -0.356 e. The van der Waals surface area contributed by atoms with E-state index in [2.05, 4.69) is 22.4 Å². The van der Waals surface area contributed by atoms with Crippen LogP contribution in [0.15, 0.2) is 103 Å². The van der Waals surface area contributed by atoms with Gasteiger partial charge in [0.2, 0.25) is 0 Å². The van der Waals surface area contributed by atoms with Crippen molar-refractivity contribution in [2.24, 2.45) is 0 Å². The number of aromatic nitrogens is 1. The molecule has 3 heterocycles. The number of hydrogen-bond donors (Lipinski definition) is 2. The normalized spacial score (nSPS) is 18.3. The number of halogens is 1. The number of carbonyl (C=O) groups excluding carboxylic acids is 3. The molecule has 0 radical (unpaired) electrons. The average molecular weight is 587 g/mol. The maximum atomic E-state index is 14.3. The summed E-state index contributed by atoms with van der Waals surface area (Å²) in [6.07, 6.45) is 1.87. The van der Waals surface area contributed by atoms with Crippen molar-refractivity contribution >= 4 is 34.4 Å². The largest absolute Gasteiger partial charge is 0.356 e. The van der Waals surface area contributed by atoms with Crippen LogP contribution in [0.25, 0.3) is 10.9 Å². The van der Waals surface area contributed by atoms with Gasteiger partial charge in [-0.2, -0.15) is 0 Å². The van der Waals surface area contributed by atoms with Gasteiger partial charge in [0.1, 0.15) is 17.9 Å². The van der Waals surface area contributed by atoms with Gasteiger partial charge in [-0.3, -0.25) is 14.5 Å². The van der Waals surface area contributed by atoms with Gasteiger partial charge in [-0.25, -0.2) is 14.1 Å². The first kappa shape index (κ1) is 27.6. The summed E-state index contributed by atoms with van der Waals surface area (Å²) >= 11 is 0. The molecule has 1 saturated heterocycles. The van der Waals surface area contributed by atoms with Gasteiger partial charge < -0.3 is 10.3 Å². The second-order valence-electron chi connectivity index (χ2n) is 11.5. The molecule has 2 aliphatic rings. The number of amides is 4. The fourth-order valence-electron chi connectivity index (χ4n) is 6.55. The molecule has 8 heteroatoms. The van der Waals surface area contributed by atoms with E-state index in [4.69, 9.17) is 0 Å². The summed E-state index contributed by atoms with van der Waals surface area (Å²) in [5, 5.41) is 4.03. The molecule has 5 aromatic rings. The Balaban J connectivity index is 1.22. The molecule has 1 aromatic heterocycles. The number of H-pyrrole nitrogens is 1. The first-order chi connectivity index (χ1) is 21.4. The molecule has 2 aliphatic heterocycles. The monoisotopic (exact) mass is 586 g/mol. The summed E-state index contributed by atoms with van der Waals surface area (Å²) in [6.45, 7) is 1.95. The highest BCUT2D eigenvalue weighted by molar-refractivity contribution is 6.24. The van der Waals surface area contributed by atoms with Gasteiger partial charge in [-0.1, -0.05) is 72.8 Å². The van der Waals surface area contributed by atoms with Crippen LogP contribution in [0.4, 0.5) is 14.9 Å². The van der Waals surface area contributed by atoms with Gasteiger partial charge in [0.15, 0.2) is 0 Å². The molecule has 0 bridgehead atoms. The van der Waals surface area contributed by atoms with Gasteiger partial charge >= 0.3 is 6.03 Å². The lowest BCUT2D eigenvalue weighted by Crippen LogP contribution is -2.44. The van der Waals surface area contributed by atoms with Gasteiger partial charge in [0, 0.05) is 29.1 Å². The second-order valence-corrected chi connectivity index (χ2v) is 11.5. The highest BCUT2D eigenvalue weighted by Gasteiger charge is 2.53. The number of imide groups is 1. The van der Waals surface area contributed by atoms with E-state index in [1.165, 1.54) is 17.7 Å². The fourth-order valence-corrected chi connectivity index (χ4v) is 6.55. The third-order valence-corrected chi connectivity index (χ3v) is 8.71. The SMILES string of the molecule is C[C@H](CCc1ccccc1)NC(=O)c1ccccc1N1C(=O)[C@@H]2Cc3c([nH]c4ccccc34)[C@H](c3ccc(F)cc3)N2C1=O. The Kier molecular flexibility index (Phi) is 6.97. The Morgan fingerprint density at radius 2 is 1.64 bits per heavy atom. The van der Waals surface area contributed by atoms with E-state index in [1.807, 2.05) is 49.4 Å². The molecular formula is C36H31FN4O3. The van der Waals surface area contributed by atoms with E-state index in [0.717, 1.165) is 39.9 Å². The lowest BCUT2D eigenvalue weighted by atomic mass is 9.89. The van der Waals surface area contributed by atoms with Gasteiger partial charge in [-0.05, 0) is 66.8 Å². The van der Waals surface area contributed by atoms with Crippen molar-refractivity contribution < 1.29 is 18.8 Å². The number of fused-ring (bicyclic) bond motifs is 4. The Hall–Kier alpha value is -5.24. The minimum atomic E-state index is -0.787. The summed E-state index contributed by atoms with van der Waals surface area (Å²) < 4.78 is 14.0. The summed E-state index contributed by atoms with van der Waals surface area (Å²) in [5.41, 5.74) is 5.04. The molecule has 1 fully saturated rings. The van der Waals surface area contributed by atoms with E-state index >= 15 is 0 Å². The first-order valence-electron chi connectivity index (χ1n) is 14.9. The van der Waals surface area contributed by atoms with Crippen molar-refractivity contribution in [2.45, 2.75) is 44.3 Å². The first-order valence-corrected chi connectivity index (χ1v) is 14.9. The standard InChI is InChI=1S/C36H31FN4O3/c1-22(15-16-23-9-3-2-4-10-23)38-34(42)27-12-6-8-14-30(27)41-35(43)31-21-28-26-11-5-7-13-29(26)39-32(28)33(40(31)36(41)44)24-17-19-25(37)20-18-24/h2-14,17-20,22,31,33,39H,15-16,21H2,1H3,(H,38,42)/t22-,31+,33+/m1/s1. The number of nitrogens with one attached hydrogen (secondary N) is 2. The van der Waals surface area contributed by atoms with Crippen LogP contribution in [0.5, 0.6) is 0 Å². The van der Waals surface area contributed by atoms with Crippen LogP contribution in [0.1, 0.15) is 52.1 Å². The Labute approximate surface area is 254 Å². The average Bonchev–Trinajstić information content (AvgIpc) is 3.54. The van der Waals surface area contributed by atoms with E-state index in [0.29, 0.717) is 12.0 Å². The highest BCUT2D eigenvalue weighted by Crippen LogP contribution is 2.45. The van der Waals surface area contributed by atoms with Crippen LogP contribution in [-0.2, 0) is 17.6 Å². The zero-order valence-electron chi connectivity index (χ0n) is 24.2. The number of hydrogen-bond acceptors (Lipinski definition) is 3. The van der Waals surface area contributed by atoms with E-state index in [-0.39, 0.29) is 29.0 Å². The van der Waals surface area contributed by atoms with Crippen molar-refractivity contribution in [1.82, 2.24) is 15.2 Å². The fraction of sp³-hybridized carbons (Fsp3) is 0.194. The molecule has 0 aliphatic carbocycles. The highest BCUT2D eigenvalue weighted by atomic mass is 19.1. The number of para-hydroxylation sites is 2. The van der Waals surface area contributed by atoms with Gasteiger partial charge in [0.25, 0.3) is 11.8 Å². The molecule has 0 unspecified atom stereocenters. The lowest BCUT2D eigenvalue weighted by molar-refractivity contribution is -0.120. The summed E-state index contributed by atoms with van der Waals surface area (Å²) in [6, 6.07) is 28.6. The quantitative estimate of drug-likeness (QED) is 0.212. The number of urea groups is 1. The molecule has 7 rings (SSSR count). The predicted molar refractivity (Wildman–Crippen MR) is 167 cm³/mol. The van der Waals surface area contributed by atoms with Crippen LogP contribution in [0, 0.1) is 5.82 Å². The molecule has 2 N–H and O–H groups in total. The molecular weight excluding hydrogens is 555 g/mol. The number of anilines is 1. The summed E-state index contributed by atoms with van der Waals surface area (Å²) in [5.74, 6) is -1.13. The molecule has 7 nitrogen and oxygen atoms in total. The number of nitrogens with zero attached hydrogens (tertiary/aromatic N) is 2. The van der Waals surface area contributed by atoms with Crippen LogP contribution >= 0.6 is 0 Å². The molecule has 44 heavy (non-hydrogen) atoms. The topological polar surface area (TPSA) is 85.5 Å². The number of aryl methyl sites for hydroxylation is 1. The van der Waals surface area contributed by atoms with E-state index in [9.17, 15) is 18.8 Å². The summed E-state index contributed by atoms with van der Waals surface area (Å²) in [7, 11) is 0. The molecule has 4 aromatic carbocycles. The molecule has 4 amide bonds. The molecule has 220 valence electrons. The predicted octanol–water partition coefficient (Wildman–Crippen LogP) is 6.54. The Morgan fingerprint density at radius 3 is 2.43 bits per heavy atom. The molecule has 3 atom stereocenters. The third kappa shape index (κ3) is 4.72. The maximum Gasteiger partial charge on any atom is 0.332 e. The molecule has 0 saturated carbocycles. The maximum absolute atomic E-state index is 14.3. The van der Waals surface area contributed by atoms with E-state index in [1.54, 1.807) is 41.3 Å². The number of rotatable bonds is 7. The van der Waals surface area contributed by atoms with Crippen LogP contribution in [0.3, 0.4) is 0 Å². The van der Waals surface area contributed by atoms with Crippen LogP contribution < -0.4 is 10.2 Å². The van der Waals surface area contributed by atoms with Crippen LogP contribution in [0.2, 0.25) is 0 Å². The molecule has 0 spiro atoms. The minimum absolute atomic E-state index is 0.131. The number of aromatic amines is 1. The smallest absolute Gasteiger partial charge is 0.332 e. The number of carbonyl (C=O) groups is 3. The van der Waals surface area contributed by atoms with Crippen molar-refractivity contribution in [3.8, 4) is 0 Å². The van der Waals surface area contributed by atoms with Gasteiger partial charge in [0.05, 0.1) is 11.3 Å².